The monoisotopic (exact) mass is 447 g/mol. The first kappa shape index (κ1) is 21.8. The van der Waals surface area contributed by atoms with E-state index in [1.807, 2.05) is 41.3 Å². The summed E-state index contributed by atoms with van der Waals surface area (Å²) in [7, 11) is 0. The van der Waals surface area contributed by atoms with Gasteiger partial charge >= 0.3 is 0 Å². The number of carbonyl (C=O) groups excluding carboxylic acids is 1. The predicted molar refractivity (Wildman–Crippen MR) is 140 cm³/mol. The summed E-state index contributed by atoms with van der Waals surface area (Å²) in [6.45, 7) is 3.94. The Bertz CT molecular complexity index is 1200. The van der Waals surface area contributed by atoms with Crippen LogP contribution >= 0.6 is 0 Å². The highest BCUT2D eigenvalue weighted by Crippen LogP contribution is 2.21. The van der Waals surface area contributed by atoms with Crippen molar-refractivity contribution in [3.63, 3.8) is 0 Å². The normalized spacial score (nSPS) is 13.5. The molecule has 0 saturated carbocycles. The standard InChI is InChI=1S/C30H29N3O/c34-30(33-21-19-32(20-22-33)29-9-5-2-6-10-29)27-15-17-28(18-16-27)31-23-24-11-13-26(14-12-24)25-7-3-1-4-8-25/h1-18,31H,19-23H2. The summed E-state index contributed by atoms with van der Waals surface area (Å²) in [4.78, 5) is 17.3. The van der Waals surface area contributed by atoms with Gasteiger partial charge < -0.3 is 15.1 Å². The van der Waals surface area contributed by atoms with Crippen LogP contribution in [0.2, 0.25) is 0 Å². The van der Waals surface area contributed by atoms with E-state index in [1.54, 1.807) is 0 Å². The number of piperazine rings is 1. The van der Waals surface area contributed by atoms with E-state index in [0.717, 1.165) is 44.0 Å². The Balaban J connectivity index is 1.13. The zero-order valence-electron chi connectivity index (χ0n) is 19.2. The minimum atomic E-state index is 0.107. The maximum atomic E-state index is 13.0. The summed E-state index contributed by atoms with van der Waals surface area (Å²) in [6.07, 6.45) is 0. The summed E-state index contributed by atoms with van der Waals surface area (Å²) < 4.78 is 0. The molecule has 0 aromatic heterocycles. The van der Waals surface area contributed by atoms with Crippen molar-refractivity contribution in [3.8, 4) is 11.1 Å². The molecule has 4 heteroatoms. The highest BCUT2D eigenvalue weighted by Gasteiger charge is 2.22. The van der Waals surface area contributed by atoms with E-state index in [9.17, 15) is 4.79 Å². The SMILES string of the molecule is O=C(c1ccc(NCc2ccc(-c3ccccc3)cc2)cc1)N1CCN(c2ccccc2)CC1. The first-order valence-corrected chi connectivity index (χ1v) is 11.8. The summed E-state index contributed by atoms with van der Waals surface area (Å²) in [5, 5.41) is 3.46. The second-order valence-corrected chi connectivity index (χ2v) is 8.61. The van der Waals surface area contributed by atoms with Gasteiger partial charge in [-0.15, -0.1) is 0 Å². The Labute approximate surface area is 201 Å². The zero-order valence-corrected chi connectivity index (χ0v) is 19.2. The number of benzene rings is 4. The number of anilines is 2. The van der Waals surface area contributed by atoms with Crippen LogP contribution in [0.5, 0.6) is 0 Å². The molecule has 4 aromatic rings. The van der Waals surface area contributed by atoms with Gasteiger partial charge in [0.2, 0.25) is 0 Å². The molecule has 4 nitrogen and oxygen atoms in total. The maximum Gasteiger partial charge on any atom is 0.253 e. The number of carbonyl (C=O) groups is 1. The lowest BCUT2D eigenvalue weighted by Gasteiger charge is -2.36. The molecule has 1 amide bonds. The van der Waals surface area contributed by atoms with Crippen LogP contribution in [0.15, 0.2) is 109 Å². The molecule has 0 radical (unpaired) electrons. The van der Waals surface area contributed by atoms with Crippen LogP contribution in [-0.2, 0) is 6.54 Å². The Kier molecular flexibility index (Phi) is 6.57. The van der Waals surface area contributed by atoms with E-state index in [2.05, 4.69) is 83.0 Å². The van der Waals surface area contributed by atoms with Gasteiger partial charge in [-0.2, -0.15) is 0 Å². The van der Waals surface area contributed by atoms with Gasteiger partial charge in [0.1, 0.15) is 0 Å². The number of nitrogens with one attached hydrogen (secondary N) is 1. The zero-order chi connectivity index (χ0) is 23.2. The molecule has 34 heavy (non-hydrogen) atoms. The second kappa shape index (κ2) is 10.3. The number of rotatable bonds is 6. The topological polar surface area (TPSA) is 35.6 Å². The Morgan fingerprint density at radius 2 is 1.24 bits per heavy atom. The maximum absolute atomic E-state index is 13.0. The van der Waals surface area contributed by atoms with Gasteiger partial charge in [-0.3, -0.25) is 4.79 Å². The van der Waals surface area contributed by atoms with Crippen molar-refractivity contribution >= 4 is 17.3 Å². The summed E-state index contributed by atoms with van der Waals surface area (Å²) in [5.41, 5.74) is 6.64. The van der Waals surface area contributed by atoms with Crippen molar-refractivity contribution in [1.82, 2.24) is 4.90 Å². The van der Waals surface area contributed by atoms with Crippen molar-refractivity contribution in [2.75, 3.05) is 36.4 Å². The van der Waals surface area contributed by atoms with Crippen molar-refractivity contribution in [3.05, 3.63) is 120 Å². The largest absolute Gasteiger partial charge is 0.381 e. The highest BCUT2D eigenvalue weighted by molar-refractivity contribution is 5.94. The average Bonchev–Trinajstić information content (AvgIpc) is 2.93. The first-order valence-electron chi connectivity index (χ1n) is 11.8. The van der Waals surface area contributed by atoms with Gasteiger partial charge in [0, 0.05) is 49.7 Å². The number of hydrogen-bond donors (Lipinski definition) is 1. The number of nitrogens with zero attached hydrogens (tertiary/aromatic N) is 2. The fraction of sp³-hybridized carbons (Fsp3) is 0.167. The molecule has 0 bridgehead atoms. The van der Waals surface area contributed by atoms with Crippen LogP contribution < -0.4 is 10.2 Å². The van der Waals surface area contributed by atoms with E-state index in [0.29, 0.717) is 0 Å². The molecule has 1 aliphatic rings. The Morgan fingerprint density at radius 3 is 1.88 bits per heavy atom. The molecule has 4 aromatic carbocycles. The third kappa shape index (κ3) is 5.12. The molecule has 1 N–H and O–H groups in total. The summed E-state index contributed by atoms with van der Waals surface area (Å²) >= 11 is 0. The minimum Gasteiger partial charge on any atom is -0.381 e. The lowest BCUT2D eigenvalue weighted by atomic mass is 10.0. The fourth-order valence-corrected chi connectivity index (χ4v) is 4.37. The average molecular weight is 448 g/mol. The number of amides is 1. The van der Waals surface area contributed by atoms with Crippen molar-refractivity contribution in [1.29, 1.82) is 0 Å². The Morgan fingerprint density at radius 1 is 0.647 bits per heavy atom. The molecule has 0 unspecified atom stereocenters. The van der Waals surface area contributed by atoms with Crippen LogP contribution in [-0.4, -0.2) is 37.0 Å². The second-order valence-electron chi connectivity index (χ2n) is 8.61. The van der Waals surface area contributed by atoms with Gasteiger partial charge in [-0.1, -0.05) is 72.8 Å². The van der Waals surface area contributed by atoms with Crippen LogP contribution in [0.1, 0.15) is 15.9 Å². The van der Waals surface area contributed by atoms with Gasteiger partial charge in [0.05, 0.1) is 0 Å². The van der Waals surface area contributed by atoms with E-state index in [-0.39, 0.29) is 5.91 Å². The number of para-hydroxylation sites is 1. The molecule has 0 spiro atoms. The van der Waals surface area contributed by atoms with Crippen molar-refractivity contribution in [2.45, 2.75) is 6.54 Å². The van der Waals surface area contributed by atoms with E-state index in [1.165, 1.54) is 22.4 Å². The molecular weight excluding hydrogens is 418 g/mol. The van der Waals surface area contributed by atoms with Crippen molar-refractivity contribution < 1.29 is 4.79 Å². The van der Waals surface area contributed by atoms with Crippen LogP contribution in [0.3, 0.4) is 0 Å². The van der Waals surface area contributed by atoms with Crippen LogP contribution in [0, 0.1) is 0 Å². The highest BCUT2D eigenvalue weighted by atomic mass is 16.2. The molecule has 170 valence electrons. The quantitative estimate of drug-likeness (QED) is 0.398. The third-order valence-electron chi connectivity index (χ3n) is 6.38. The van der Waals surface area contributed by atoms with Gasteiger partial charge in [-0.05, 0) is 53.1 Å². The van der Waals surface area contributed by atoms with E-state index < -0.39 is 0 Å². The number of hydrogen-bond acceptors (Lipinski definition) is 3. The molecule has 1 saturated heterocycles. The smallest absolute Gasteiger partial charge is 0.253 e. The lowest BCUT2D eigenvalue weighted by Crippen LogP contribution is -2.48. The predicted octanol–water partition coefficient (Wildman–Crippen LogP) is 5.93. The first-order chi connectivity index (χ1) is 16.8. The lowest BCUT2D eigenvalue weighted by molar-refractivity contribution is 0.0747. The third-order valence-corrected chi connectivity index (χ3v) is 6.38. The van der Waals surface area contributed by atoms with E-state index >= 15 is 0 Å². The van der Waals surface area contributed by atoms with Crippen molar-refractivity contribution in [2.24, 2.45) is 0 Å². The molecule has 1 aliphatic heterocycles. The summed E-state index contributed by atoms with van der Waals surface area (Å²) in [6, 6.07) is 37.3. The van der Waals surface area contributed by atoms with Crippen LogP contribution in [0.4, 0.5) is 11.4 Å². The molecule has 1 fully saturated rings. The molecular formula is C30H29N3O. The minimum absolute atomic E-state index is 0.107. The van der Waals surface area contributed by atoms with Gasteiger partial charge in [0.15, 0.2) is 0 Å². The Hall–Kier alpha value is -4.05. The molecule has 0 atom stereocenters. The van der Waals surface area contributed by atoms with E-state index in [4.69, 9.17) is 0 Å². The fourth-order valence-electron chi connectivity index (χ4n) is 4.37. The molecule has 5 rings (SSSR count). The van der Waals surface area contributed by atoms with Gasteiger partial charge in [-0.25, -0.2) is 0 Å². The molecule has 0 aliphatic carbocycles. The molecule has 1 heterocycles. The van der Waals surface area contributed by atoms with Crippen LogP contribution in [0.25, 0.3) is 11.1 Å². The summed E-state index contributed by atoms with van der Waals surface area (Å²) in [5.74, 6) is 0.107. The van der Waals surface area contributed by atoms with Gasteiger partial charge in [0.25, 0.3) is 5.91 Å².